The molecule has 0 saturated heterocycles. The summed E-state index contributed by atoms with van der Waals surface area (Å²) in [6, 6.07) is 21.8. The molecule has 0 atom stereocenters. The maximum absolute atomic E-state index is 12.1. The highest BCUT2D eigenvalue weighted by Gasteiger charge is 2.06. The van der Waals surface area contributed by atoms with Crippen LogP contribution in [0.2, 0.25) is 0 Å². The van der Waals surface area contributed by atoms with Crippen LogP contribution in [0.1, 0.15) is 5.56 Å². The van der Waals surface area contributed by atoms with Crippen molar-refractivity contribution < 1.29 is 4.79 Å². The predicted molar refractivity (Wildman–Crippen MR) is 109 cm³/mol. The molecule has 0 bridgehead atoms. The van der Waals surface area contributed by atoms with Gasteiger partial charge in [0.1, 0.15) is 0 Å². The van der Waals surface area contributed by atoms with Gasteiger partial charge in [-0.05, 0) is 53.9 Å². The van der Waals surface area contributed by atoms with Crippen molar-refractivity contribution in [3.8, 4) is 11.3 Å². The van der Waals surface area contributed by atoms with Crippen molar-refractivity contribution in [3.63, 3.8) is 0 Å². The van der Waals surface area contributed by atoms with Gasteiger partial charge in [0, 0.05) is 41.2 Å². The number of hydrogen-bond donors (Lipinski definition) is 3. The number of aromatic amines is 1. The van der Waals surface area contributed by atoms with Gasteiger partial charge >= 0.3 is 6.03 Å². The van der Waals surface area contributed by atoms with Crippen LogP contribution in [0.5, 0.6) is 0 Å². The first kappa shape index (κ1) is 16.8. The van der Waals surface area contributed by atoms with E-state index in [0.717, 1.165) is 39.8 Å². The average Bonchev–Trinajstić information content (AvgIpc) is 3.13. The zero-order chi connectivity index (χ0) is 18.5. The molecule has 2 aromatic heterocycles. The summed E-state index contributed by atoms with van der Waals surface area (Å²) < 4.78 is 0. The normalized spacial score (nSPS) is 10.7. The lowest BCUT2D eigenvalue weighted by Gasteiger charge is -2.07. The highest BCUT2D eigenvalue weighted by Crippen LogP contribution is 2.26. The summed E-state index contributed by atoms with van der Waals surface area (Å²) in [5, 5.41) is 6.83. The smallest absolute Gasteiger partial charge is 0.319 e. The number of nitrogens with one attached hydrogen (secondary N) is 3. The van der Waals surface area contributed by atoms with Crippen LogP contribution in [0.15, 0.2) is 79.1 Å². The van der Waals surface area contributed by atoms with E-state index in [1.807, 2.05) is 48.5 Å². The molecule has 4 rings (SSSR count). The second kappa shape index (κ2) is 7.74. The number of amides is 2. The number of benzene rings is 2. The third-order valence-electron chi connectivity index (χ3n) is 4.41. The highest BCUT2D eigenvalue weighted by molar-refractivity contribution is 5.94. The summed E-state index contributed by atoms with van der Waals surface area (Å²) in [7, 11) is 0. The van der Waals surface area contributed by atoms with Gasteiger partial charge in [0.2, 0.25) is 0 Å². The number of fused-ring (bicyclic) bond motifs is 1. The monoisotopic (exact) mass is 356 g/mol. The molecule has 2 aromatic carbocycles. The molecule has 5 nitrogen and oxygen atoms in total. The summed E-state index contributed by atoms with van der Waals surface area (Å²) in [4.78, 5) is 19.5. The van der Waals surface area contributed by atoms with E-state index in [4.69, 9.17) is 0 Å². The van der Waals surface area contributed by atoms with Gasteiger partial charge in [-0.25, -0.2) is 4.79 Å². The van der Waals surface area contributed by atoms with E-state index in [9.17, 15) is 4.79 Å². The van der Waals surface area contributed by atoms with Crippen molar-refractivity contribution in [1.29, 1.82) is 0 Å². The van der Waals surface area contributed by atoms with Gasteiger partial charge in [-0.1, -0.05) is 30.3 Å². The van der Waals surface area contributed by atoms with E-state index in [-0.39, 0.29) is 6.03 Å². The first-order valence-corrected chi connectivity index (χ1v) is 8.90. The van der Waals surface area contributed by atoms with Gasteiger partial charge in [-0.2, -0.15) is 0 Å². The number of pyridine rings is 1. The van der Waals surface area contributed by atoms with Gasteiger partial charge in [0.05, 0.1) is 0 Å². The number of carbonyl (C=O) groups excluding carboxylic acids is 1. The van der Waals surface area contributed by atoms with E-state index in [2.05, 4.69) is 38.8 Å². The number of rotatable bonds is 5. The van der Waals surface area contributed by atoms with Crippen LogP contribution in [0.25, 0.3) is 22.2 Å². The summed E-state index contributed by atoms with van der Waals surface area (Å²) in [6.45, 7) is 0.570. The third-order valence-corrected chi connectivity index (χ3v) is 4.41. The van der Waals surface area contributed by atoms with E-state index < -0.39 is 0 Å². The lowest BCUT2D eigenvalue weighted by Crippen LogP contribution is -2.30. The van der Waals surface area contributed by atoms with Crippen molar-refractivity contribution >= 4 is 22.6 Å². The molecule has 0 unspecified atom stereocenters. The maximum Gasteiger partial charge on any atom is 0.319 e. The Bertz CT molecular complexity index is 1040. The molecule has 0 spiro atoms. The average molecular weight is 356 g/mol. The number of nitrogens with zero attached hydrogens (tertiary/aromatic N) is 1. The molecule has 0 fully saturated rings. The minimum Gasteiger partial charge on any atom is -0.355 e. The lowest BCUT2D eigenvalue weighted by atomic mass is 10.1. The minimum atomic E-state index is -0.206. The molecular weight excluding hydrogens is 336 g/mol. The van der Waals surface area contributed by atoms with Crippen LogP contribution in [-0.2, 0) is 6.42 Å². The maximum atomic E-state index is 12.1. The number of carbonyl (C=O) groups is 1. The van der Waals surface area contributed by atoms with Crippen LogP contribution >= 0.6 is 0 Å². The molecule has 0 aliphatic rings. The van der Waals surface area contributed by atoms with Gasteiger partial charge < -0.3 is 15.6 Å². The first-order chi connectivity index (χ1) is 13.3. The SMILES string of the molecule is O=C(NCCc1ccncc1)Nc1ccc2[nH]c(-c3ccccc3)cc2c1. The standard InChI is InChI=1S/C22H20N4O/c27-22(24-13-10-16-8-11-23-12-9-16)25-19-6-7-20-18(14-19)15-21(26-20)17-4-2-1-3-5-17/h1-9,11-12,14-15,26H,10,13H2,(H2,24,25,27). The van der Waals surface area contributed by atoms with Gasteiger partial charge in [-0.15, -0.1) is 0 Å². The van der Waals surface area contributed by atoms with Crippen molar-refractivity contribution in [2.75, 3.05) is 11.9 Å². The topological polar surface area (TPSA) is 69.8 Å². The number of H-pyrrole nitrogens is 1. The van der Waals surface area contributed by atoms with E-state index in [0.29, 0.717) is 6.54 Å². The molecular formula is C22H20N4O. The molecule has 0 saturated carbocycles. The Kier molecular flexibility index (Phi) is 4.83. The fourth-order valence-corrected chi connectivity index (χ4v) is 3.03. The van der Waals surface area contributed by atoms with Crippen LogP contribution in [-0.4, -0.2) is 22.5 Å². The van der Waals surface area contributed by atoms with Crippen molar-refractivity contribution in [2.45, 2.75) is 6.42 Å². The molecule has 2 heterocycles. The number of aromatic nitrogens is 2. The van der Waals surface area contributed by atoms with E-state index in [1.165, 1.54) is 0 Å². The molecule has 5 heteroatoms. The zero-order valence-corrected chi connectivity index (χ0v) is 14.8. The highest BCUT2D eigenvalue weighted by atomic mass is 16.2. The Balaban J connectivity index is 1.39. The van der Waals surface area contributed by atoms with Crippen LogP contribution in [0.4, 0.5) is 10.5 Å². The molecule has 2 amide bonds. The number of hydrogen-bond acceptors (Lipinski definition) is 2. The third kappa shape index (κ3) is 4.15. The second-order valence-electron chi connectivity index (χ2n) is 6.34. The molecule has 3 N–H and O–H groups in total. The quantitative estimate of drug-likeness (QED) is 0.489. The molecule has 27 heavy (non-hydrogen) atoms. The zero-order valence-electron chi connectivity index (χ0n) is 14.8. The fraction of sp³-hybridized carbons (Fsp3) is 0.0909. The van der Waals surface area contributed by atoms with Gasteiger partial charge in [-0.3, -0.25) is 4.98 Å². The Hall–Kier alpha value is -3.60. The summed E-state index contributed by atoms with van der Waals surface area (Å²) in [5.74, 6) is 0. The molecule has 0 aliphatic carbocycles. The summed E-state index contributed by atoms with van der Waals surface area (Å²) in [5.41, 5.74) is 5.15. The molecule has 0 radical (unpaired) electrons. The van der Waals surface area contributed by atoms with Crippen LogP contribution in [0, 0.1) is 0 Å². The van der Waals surface area contributed by atoms with Crippen molar-refractivity contribution in [3.05, 3.63) is 84.7 Å². The van der Waals surface area contributed by atoms with Gasteiger partial charge in [0.15, 0.2) is 0 Å². The lowest BCUT2D eigenvalue weighted by molar-refractivity contribution is 0.252. The number of anilines is 1. The minimum absolute atomic E-state index is 0.206. The van der Waals surface area contributed by atoms with Crippen LogP contribution in [0.3, 0.4) is 0 Å². The molecule has 4 aromatic rings. The Labute approximate surface area is 157 Å². The van der Waals surface area contributed by atoms with E-state index in [1.54, 1.807) is 12.4 Å². The van der Waals surface area contributed by atoms with Gasteiger partial charge in [0.25, 0.3) is 0 Å². The fourth-order valence-electron chi connectivity index (χ4n) is 3.03. The Morgan fingerprint density at radius 1 is 0.963 bits per heavy atom. The largest absolute Gasteiger partial charge is 0.355 e. The Morgan fingerprint density at radius 3 is 2.59 bits per heavy atom. The first-order valence-electron chi connectivity index (χ1n) is 8.90. The summed E-state index contributed by atoms with van der Waals surface area (Å²) in [6.07, 6.45) is 4.28. The van der Waals surface area contributed by atoms with Crippen LogP contribution < -0.4 is 10.6 Å². The molecule has 0 aliphatic heterocycles. The van der Waals surface area contributed by atoms with Crippen molar-refractivity contribution in [1.82, 2.24) is 15.3 Å². The van der Waals surface area contributed by atoms with E-state index >= 15 is 0 Å². The Morgan fingerprint density at radius 2 is 1.78 bits per heavy atom. The summed E-state index contributed by atoms with van der Waals surface area (Å²) >= 11 is 0. The predicted octanol–water partition coefficient (Wildman–Crippen LogP) is 4.59. The molecule has 134 valence electrons. The number of urea groups is 1. The second-order valence-corrected chi connectivity index (χ2v) is 6.34. The van der Waals surface area contributed by atoms with Crippen molar-refractivity contribution in [2.24, 2.45) is 0 Å².